The fourth-order valence-electron chi connectivity index (χ4n) is 1.87. The second-order valence-electron chi connectivity index (χ2n) is 4.63. The molecule has 0 bridgehead atoms. The zero-order valence-electron chi connectivity index (χ0n) is 10.3. The van der Waals surface area contributed by atoms with E-state index in [1.54, 1.807) is 7.11 Å². The SMILES string of the molecule is COCCNCCN(C)CCC1CCC1. The standard InChI is InChI=1S/C12H26N2O/c1-14(9-6-12-4-3-5-12)10-7-13-8-11-15-2/h12-13H,3-11H2,1-2H3. The Hall–Kier alpha value is -0.120. The van der Waals surface area contributed by atoms with Crippen LogP contribution in [0.5, 0.6) is 0 Å². The highest BCUT2D eigenvalue weighted by atomic mass is 16.5. The Balaban J connectivity index is 1.82. The molecule has 0 aromatic carbocycles. The normalized spacial score (nSPS) is 17.0. The van der Waals surface area contributed by atoms with Crippen molar-refractivity contribution in [1.82, 2.24) is 10.2 Å². The Morgan fingerprint density at radius 2 is 2.07 bits per heavy atom. The predicted molar refractivity (Wildman–Crippen MR) is 64.2 cm³/mol. The summed E-state index contributed by atoms with van der Waals surface area (Å²) < 4.78 is 4.97. The van der Waals surface area contributed by atoms with Crippen LogP contribution in [0.15, 0.2) is 0 Å². The van der Waals surface area contributed by atoms with Crippen molar-refractivity contribution in [1.29, 1.82) is 0 Å². The molecule has 0 unspecified atom stereocenters. The van der Waals surface area contributed by atoms with Gasteiger partial charge in [-0.05, 0) is 25.9 Å². The Kier molecular flexibility index (Phi) is 6.98. The van der Waals surface area contributed by atoms with Gasteiger partial charge in [0.25, 0.3) is 0 Å². The average molecular weight is 214 g/mol. The van der Waals surface area contributed by atoms with Crippen LogP contribution in [0, 0.1) is 5.92 Å². The molecule has 0 atom stereocenters. The predicted octanol–water partition coefficient (Wildman–Crippen LogP) is 1.34. The van der Waals surface area contributed by atoms with Gasteiger partial charge in [-0.25, -0.2) is 0 Å². The minimum Gasteiger partial charge on any atom is -0.383 e. The molecule has 0 aromatic rings. The van der Waals surface area contributed by atoms with Gasteiger partial charge in [0, 0.05) is 26.7 Å². The zero-order chi connectivity index (χ0) is 10.9. The highest BCUT2D eigenvalue weighted by Crippen LogP contribution is 2.29. The van der Waals surface area contributed by atoms with Crippen molar-refractivity contribution in [3.8, 4) is 0 Å². The van der Waals surface area contributed by atoms with Gasteiger partial charge in [0.05, 0.1) is 6.61 Å². The number of ether oxygens (including phenoxy) is 1. The van der Waals surface area contributed by atoms with E-state index in [4.69, 9.17) is 4.74 Å². The maximum atomic E-state index is 4.97. The summed E-state index contributed by atoms with van der Waals surface area (Å²) in [5.41, 5.74) is 0. The smallest absolute Gasteiger partial charge is 0.0587 e. The second kappa shape index (κ2) is 8.08. The van der Waals surface area contributed by atoms with Crippen molar-refractivity contribution < 1.29 is 4.74 Å². The first-order valence-corrected chi connectivity index (χ1v) is 6.21. The minimum atomic E-state index is 0.811. The minimum absolute atomic E-state index is 0.811. The third kappa shape index (κ3) is 6.13. The van der Waals surface area contributed by atoms with Crippen LogP contribution < -0.4 is 5.32 Å². The van der Waals surface area contributed by atoms with E-state index in [0.29, 0.717) is 0 Å². The van der Waals surface area contributed by atoms with Crippen molar-refractivity contribution in [3.05, 3.63) is 0 Å². The Bertz CT molecular complexity index is 149. The van der Waals surface area contributed by atoms with E-state index in [0.717, 1.165) is 32.2 Å². The molecule has 1 aliphatic carbocycles. The van der Waals surface area contributed by atoms with Gasteiger partial charge in [-0.3, -0.25) is 0 Å². The van der Waals surface area contributed by atoms with Crippen molar-refractivity contribution in [3.63, 3.8) is 0 Å². The summed E-state index contributed by atoms with van der Waals surface area (Å²) in [6.45, 7) is 5.26. The molecule has 0 aliphatic heterocycles. The molecule has 3 nitrogen and oxygen atoms in total. The Morgan fingerprint density at radius 1 is 1.27 bits per heavy atom. The van der Waals surface area contributed by atoms with Gasteiger partial charge >= 0.3 is 0 Å². The lowest BCUT2D eigenvalue weighted by Gasteiger charge is -2.27. The monoisotopic (exact) mass is 214 g/mol. The summed E-state index contributed by atoms with van der Waals surface area (Å²) in [5, 5.41) is 3.37. The number of rotatable bonds is 9. The first kappa shape index (κ1) is 12.9. The molecule has 0 amide bonds. The number of nitrogens with zero attached hydrogens (tertiary/aromatic N) is 1. The van der Waals surface area contributed by atoms with Crippen LogP contribution >= 0.6 is 0 Å². The van der Waals surface area contributed by atoms with Crippen LogP contribution in [-0.2, 0) is 4.74 Å². The lowest BCUT2D eigenvalue weighted by atomic mass is 9.83. The van der Waals surface area contributed by atoms with Crippen LogP contribution in [0.3, 0.4) is 0 Å². The summed E-state index contributed by atoms with van der Waals surface area (Å²) >= 11 is 0. The molecule has 0 aromatic heterocycles. The second-order valence-corrected chi connectivity index (χ2v) is 4.63. The number of hydrogen-bond donors (Lipinski definition) is 1. The Morgan fingerprint density at radius 3 is 2.67 bits per heavy atom. The average Bonchev–Trinajstić information content (AvgIpc) is 2.15. The molecule has 1 rings (SSSR count). The molecule has 0 radical (unpaired) electrons. The van der Waals surface area contributed by atoms with Gasteiger partial charge in [0.1, 0.15) is 0 Å². The third-order valence-electron chi connectivity index (χ3n) is 3.30. The van der Waals surface area contributed by atoms with Crippen molar-refractivity contribution in [2.75, 3.05) is 46.9 Å². The molecule has 15 heavy (non-hydrogen) atoms. The van der Waals surface area contributed by atoms with Crippen LogP contribution in [-0.4, -0.2) is 51.8 Å². The Labute approximate surface area is 94.2 Å². The van der Waals surface area contributed by atoms with E-state index in [2.05, 4.69) is 17.3 Å². The van der Waals surface area contributed by atoms with Crippen LogP contribution in [0.2, 0.25) is 0 Å². The lowest BCUT2D eigenvalue weighted by Crippen LogP contribution is -2.32. The van der Waals surface area contributed by atoms with E-state index in [-0.39, 0.29) is 0 Å². The summed E-state index contributed by atoms with van der Waals surface area (Å²) in [6.07, 6.45) is 5.81. The van der Waals surface area contributed by atoms with Gasteiger partial charge in [-0.2, -0.15) is 0 Å². The highest BCUT2D eigenvalue weighted by molar-refractivity contribution is 4.70. The molecule has 1 saturated carbocycles. The van der Waals surface area contributed by atoms with Crippen molar-refractivity contribution in [2.24, 2.45) is 5.92 Å². The first-order valence-electron chi connectivity index (χ1n) is 6.21. The summed E-state index contributed by atoms with van der Waals surface area (Å²) in [4.78, 5) is 2.43. The molecule has 90 valence electrons. The van der Waals surface area contributed by atoms with Crippen LogP contribution in [0.25, 0.3) is 0 Å². The molecule has 0 heterocycles. The van der Waals surface area contributed by atoms with Gasteiger partial charge in [0.15, 0.2) is 0 Å². The molecular formula is C12H26N2O. The topological polar surface area (TPSA) is 24.5 Å². The third-order valence-corrected chi connectivity index (χ3v) is 3.30. The maximum Gasteiger partial charge on any atom is 0.0587 e. The lowest BCUT2D eigenvalue weighted by molar-refractivity contribution is 0.196. The van der Waals surface area contributed by atoms with Gasteiger partial charge in [0.2, 0.25) is 0 Å². The van der Waals surface area contributed by atoms with Gasteiger partial charge < -0.3 is 15.0 Å². The van der Waals surface area contributed by atoms with Crippen LogP contribution in [0.1, 0.15) is 25.7 Å². The van der Waals surface area contributed by atoms with E-state index in [1.807, 2.05) is 0 Å². The van der Waals surface area contributed by atoms with E-state index >= 15 is 0 Å². The number of likely N-dealkylation sites (N-methyl/N-ethyl adjacent to an activating group) is 1. The van der Waals surface area contributed by atoms with Crippen molar-refractivity contribution >= 4 is 0 Å². The molecule has 0 saturated heterocycles. The molecule has 3 heteroatoms. The number of methoxy groups -OCH3 is 1. The largest absolute Gasteiger partial charge is 0.383 e. The van der Waals surface area contributed by atoms with Crippen molar-refractivity contribution in [2.45, 2.75) is 25.7 Å². The molecular weight excluding hydrogens is 188 g/mol. The van der Waals surface area contributed by atoms with Gasteiger partial charge in [-0.1, -0.05) is 19.3 Å². The number of hydrogen-bond acceptors (Lipinski definition) is 3. The fourth-order valence-corrected chi connectivity index (χ4v) is 1.87. The molecule has 1 fully saturated rings. The summed E-state index contributed by atoms with van der Waals surface area (Å²) in [7, 11) is 3.96. The highest BCUT2D eigenvalue weighted by Gasteiger charge is 2.17. The number of nitrogens with one attached hydrogen (secondary N) is 1. The molecule has 1 N–H and O–H groups in total. The van der Waals surface area contributed by atoms with E-state index in [9.17, 15) is 0 Å². The quantitative estimate of drug-likeness (QED) is 0.586. The maximum absolute atomic E-state index is 4.97. The van der Waals surface area contributed by atoms with Gasteiger partial charge in [-0.15, -0.1) is 0 Å². The molecule has 1 aliphatic rings. The fraction of sp³-hybridized carbons (Fsp3) is 1.00. The van der Waals surface area contributed by atoms with Crippen LogP contribution in [0.4, 0.5) is 0 Å². The first-order chi connectivity index (χ1) is 7.33. The summed E-state index contributed by atoms with van der Waals surface area (Å²) in [6, 6.07) is 0. The molecule has 0 spiro atoms. The van der Waals surface area contributed by atoms with E-state index in [1.165, 1.54) is 32.2 Å². The summed E-state index contributed by atoms with van der Waals surface area (Å²) in [5.74, 6) is 1.04. The zero-order valence-corrected chi connectivity index (χ0v) is 10.3. The van der Waals surface area contributed by atoms with E-state index < -0.39 is 0 Å².